The highest BCUT2D eigenvalue weighted by atomic mass is 16.5. The predicted molar refractivity (Wildman–Crippen MR) is 54.2 cm³/mol. The Balaban J connectivity index is 2.37. The molecule has 14 heavy (non-hydrogen) atoms. The van der Waals surface area contributed by atoms with Crippen LogP contribution in [-0.2, 0) is 4.79 Å². The van der Waals surface area contributed by atoms with Gasteiger partial charge in [-0.05, 0) is 18.1 Å². The summed E-state index contributed by atoms with van der Waals surface area (Å²) < 4.78 is 5.14. The molecule has 1 heterocycles. The van der Waals surface area contributed by atoms with E-state index in [1.54, 1.807) is 0 Å². The summed E-state index contributed by atoms with van der Waals surface area (Å²) in [5.41, 5.74) is 1.12. The van der Waals surface area contributed by atoms with Gasteiger partial charge >= 0.3 is 5.97 Å². The summed E-state index contributed by atoms with van der Waals surface area (Å²) in [7, 11) is 0. The molecule has 0 saturated heterocycles. The second-order valence-corrected chi connectivity index (χ2v) is 3.44. The number of carbonyl (C=O) groups is 1. The smallest absolute Gasteiger partial charge is 0.311 e. The number of benzene rings is 1. The maximum Gasteiger partial charge on any atom is 0.311 e. The van der Waals surface area contributed by atoms with Crippen LogP contribution in [0.25, 0.3) is 0 Å². The second kappa shape index (κ2) is 3.66. The first-order valence-corrected chi connectivity index (χ1v) is 4.71. The lowest BCUT2D eigenvalue weighted by Gasteiger charge is -2.23. The van der Waals surface area contributed by atoms with Crippen LogP contribution in [0.1, 0.15) is 24.3 Å². The topological polar surface area (TPSA) is 26.3 Å². The van der Waals surface area contributed by atoms with Crippen molar-refractivity contribution >= 4 is 5.97 Å². The lowest BCUT2D eigenvalue weighted by atomic mass is 9.90. The molecule has 1 unspecified atom stereocenters. The maximum atomic E-state index is 11.3. The maximum absolute atomic E-state index is 11.3. The third kappa shape index (κ3) is 1.55. The largest absolute Gasteiger partial charge is 0.426 e. The molecule has 72 valence electrons. The van der Waals surface area contributed by atoms with Gasteiger partial charge in [-0.3, -0.25) is 4.79 Å². The van der Waals surface area contributed by atoms with Crippen molar-refractivity contribution in [3.63, 3.8) is 0 Å². The molecule has 2 heteroatoms. The highest BCUT2D eigenvalue weighted by Gasteiger charge is 2.25. The summed E-state index contributed by atoms with van der Waals surface area (Å²) >= 11 is 0. The fourth-order valence-corrected chi connectivity index (χ4v) is 1.80. The van der Waals surface area contributed by atoms with E-state index in [2.05, 4.69) is 6.58 Å². The number of hydrogen-bond donors (Lipinski definition) is 0. The van der Waals surface area contributed by atoms with Gasteiger partial charge in [0.05, 0.1) is 6.42 Å². The Morgan fingerprint density at radius 1 is 1.50 bits per heavy atom. The summed E-state index contributed by atoms with van der Waals surface area (Å²) in [5.74, 6) is 0.802. The van der Waals surface area contributed by atoms with Gasteiger partial charge in [0.15, 0.2) is 0 Å². The van der Waals surface area contributed by atoms with Crippen molar-refractivity contribution in [1.82, 2.24) is 0 Å². The van der Waals surface area contributed by atoms with Crippen LogP contribution >= 0.6 is 0 Å². The lowest BCUT2D eigenvalue weighted by Crippen LogP contribution is -2.19. The lowest BCUT2D eigenvalue weighted by molar-refractivity contribution is -0.135. The van der Waals surface area contributed by atoms with E-state index in [9.17, 15) is 4.79 Å². The van der Waals surface area contributed by atoms with E-state index in [1.165, 1.54) is 0 Å². The summed E-state index contributed by atoms with van der Waals surface area (Å²) in [6.45, 7) is 3.70. The number of fused-ring (bicyclic) bond motifs is 1. The molecule has 0 fully saturated rings. The standard InChI is InChI=1S/C12H12O2/c1-2-5-9-8-12(13)14-11-7-4-3-6-10(9)11/h2-4,6-7,9H,1,5,8H2. The molecular formula is C12H12O2. The fraction of sp³-hybridized carbons (Fsp3) is 0.250. The van der Waals surface area contributed by atoms with Crippen molar-refractivity contribution in [2.24, 2.45) is 0 Å². The molecule has 0 saturated carbocycles. The average Bonchev–Trinajstić information content (AvgIpc) is 2.18. The summed E-state index contributed by atoms with van der Waals surface area (Å²) in [6, 6.07) is 7.69. The Kier molecular flexibility index (Phi) is 2.35. The van der Waals surface area contributed by atoms with Gasteiger partial charge in [0.1, 0.15) is 5.75 Å². The van der Waals surface area contributed by atoms with Crippen LogP contribution in [-0.4, -0.2) is 5.97 Å². The SMILES string of the molecule is C=CCC1CC(=O)Oc2ccccc21. The minimum Gasteiger partial charge on any atom is -0.426 e. The molecule has 1 aromatic rings. The van der Waals surface area contributed by atoms with E-state index in [4.69, 9.17) is 4.74 Å². The Labute approximate surface area is 83.2 Å². The van der Waals surface area contributed by atoms with Crippen LogP contribution in [0.4, 0.5) is 0 Å². The molecular weight excluding hydrogens is 176 g/mol. The van der Waals surface area contributed by atoms with E-state index in [-0.39, 0.29) is 11.9 Å². The van der Waals surface area contributed by atoms with Gasteiger partial charge in [0, 0.05) is 5.92 Å². The van der Waals surface area contributed by atoms with E-state index < -0.39 is 0 Å². The van der Waals surface area contributed by atoms with Crippen LogP contribution in [0.5, 0.6) is 5.75 Å². The number of rotatable bonds is 2. The minimum absolute atomic E-state index is 0.143. The summed E-state index contributed by atoms with van der Waals surface area (Å²) in [6.07, 6.45) is 3.13. The molecule has 1 aliphatic rings. The Morgan fingerprint density at radius 2 is 2.29 bits per heavy atom. The van der Waals surface area contributed by atoms with Gasteiger partial charge in [-0.15, -0.1) is 6.58 Å². The molecule has 0 aromatic heterocycles. The van der Waals surface area contributed by atoms with Gasteiger partial charge in [-0.2, -0.15) is 0 Å². The van der Waals surface area contributed by atoms with Crippen LogP contribution in [0, 0.1) is 0 Å². The normalized spacial score (nSPS) is 19.7. The van der Waals surface area contributed by atoms with Crippen LogP contribution in [0.15, 0.2) is 36.9 Å². The molecule has 0 spiro atoms. The zero-order valence-corrected chi connectivity index (χ0v) is 7.90. The van der Waals surface area contributed by atoms with Crippen molar-refractivity contribution < 1.29 is 9.53 Å². The molecule has 0 amide bonds. The monoisotopic (exact) mass is 188 g/mol. The van der Waals surface area contributed by atoms with Gasteiger partial charge in [-0.1, -0.05) is 24.3 Å². The molecule has 1 aliphatic heterocycles. The average molecular weight is 188 g/mol. The second-order valence-electron chi connectivity index (χ2n) is 3.44. The first-order chi connectivity index (χ1) is 6.81. The van der Waals surface area contributed by atoms with Gasteiger partial charge in [-0.25, -0.2) is 0 Å². The molecule has 0 bridgehead atoms. The molecule has 1 atom stereocenters. The highest BCUT2D eigenvalue weighted by Crippen LogP contribution is 2.35. The van der Waals surface area contributed by atoms with E-state index >= 15 is 0 Å². The molecule has 0 aliphatic carbocycles. The number of ether oxygens (including phenoxy) is 1. The molecule has 1 aromatic carbocycles. The zero-order valence-electron chi connectivity index (χ0n) is 7.90. The van der Waals surface area contributed by atoms with E-state index in [1.807, 2.05) is 30.3 Å². The Bertz CT molecular complexity index is 368. The first kappa shape index (κ1) is 9.00. The van der Waals surface area contributed by atoms with Crippen molar-refractivity contribution in [2.45, 2.75) is 18.8 Å². The predicted octanol–water partition coefficient (Wildman–Crippen LogP) is 2.66. The number of esters is 1. The quantitative estimate of drug-likeness (QED) is 0.405. The van der Waals surface area contributed by atoms with Crippen molar-refractivity contribution in [3.05, 3.63) is 42.5 Å². The number of carbonyl (C=O) groups excluding carboxylic acids is 1. The van der Waals surface area contributed by atoms with Crippen molar-refractivity contribution in [2.75, 3.05) is 0 Å². The minimum atomic E-state index is -0.143. The summed E-state index contributed by atoms with van der Waals surface area (Å²) in [4.78, 5) is 11.3. The highest BCUT2D eigenvalue weighted by molar-refractivity contribution is 5.76. The summed E-state index contributed by atoms with van der Waals surface area (Å²) in [5, 5.41) is 0. The Hall–Kier alpha value is -1.57. The van der Waals surface area contributed by atoms with E-state index in [0.29, 0.717) is 12.2 Å². The third-order valence-corrected chi connectivity index (χ3v) is 2.45. The van der Waals surface area contributed by atoms with Crippen LogP contribution < -0.4 is 4.74 Å². The van der Waals surface area contributed by atoms with Crippen molar-refractivity contribution in [1.29, 1.82) is 0 Å². The van der Waals surface area contributed by atoms with Crippen LogP contribution in [0.2, 0.25) is 0 Å². The van der Waals surface area contributed by atoms with Gasteiger partial charge < -0.3 is 4.74 Å². The zero-order chi connectivity index (χ0) is 9.97. The number of allylic oxidation sites excluding steroid dienone is 1. The van der Waals surface area contributed by atoms with Gasteiger partial charge in [0.25, 0.3) is 0 Å². The number of para-hydroxylation sites is 1. The molecule has 0 radical (unpaired) electrons. The van der Waals surface area contributed by atoms with Gasteiger partial charge in [0.2, 0.25) is 0 Å². The van der Waals surface area contributed by atoms with E-state index in [0.717, 1.165) is 12.0 Å². The molecule has 2 rings (SSSR count). The molecule has 2 nitrogen and oxygen atoms in total. The first-order valence-electron chi connectivity index (χ1n) is 4.71. The fourth-order valence-electron chi connectivity index (χ4n) is 1.80. The molecule has 0 N–H and O–H groups in total. The van der Waals surface area contributed by atoms with Crippen molar-refractivity contribution in [3.8, 4) is 5.75 Å². The Morgan fingerprint density at radius 3 is 3.07 bits per heavy atom. The number of hydrogen-bond acceptors (Lipinski definition) is 2. The third-order valence-electron chi connectivity index (χ3n) is 2.45. The van der Waals surface area contributed by atoms with Crippen LogP contribution in [0.3, 0.4) is 0 Å².